The van der Waals surface area contributed by atoms with E-state index in [1.807, 2.05) is 42.5 Å². The summed E-state index contributed by atoms with van der Waals surface area (Å²) in [5.41, 5.74) is 10.0. The van der Waals surface area contributed by atoms with Gasteiger partial charge >= 0.3 is 0 Å². The first-order chi connectivity index (χ1) is 22.2. The zero-order valence-electron chi connectivity index (χ0n) is 24.5. The van der Waals surface area contributed by atoms with Gasteiger partial charge in [-0.05, 0) is 57.6 Å². The van der Waals surface area contributed by atoms with Gasteiger partial charge in [-0.15, -0.1) is 0 Å². The van der Waals surface area contributed by atoms with E-state index in [1.165, 1.54) is 16.7 Å². The lowest BCUT2D eigenvalue weighted by atomic mass is 9.99. The normalized spacial score (nSPS) is 15.3. The Hall–Kier alpha value is -5.43. The monoisotopic (exact) mass is 593 g/mol. The summed E-state index contributed by atoms with van der Waals surface area (Å²) in [5, 5.41) is 5.00. The van der Waals surface area contributed by atoms with Gasteiger partial charge in [0.15, 0.2) is 7.14 Å². The Morgan fingerprint density at radius 3 is 1.84 bits per heavy atom. The molecule has 0 saturated carbocycles. The van der Waals surface area contributed by atoms with Crippen LogP contribution in [0.4, 0.5) is 0 Å². The predicted octanol–water partition coefficient (Wildman–Crippen LogP) is 9.74. The number of benzene rings is 7. The summed E-state index contributed by atoms with van der Waals surface area (Å²) in [4.78, 5) is 0. The van der Waals surface area contributed by atoms with Crippen molar-refractivity contribution in [2.24, 2.45) is 0 Å². The molecule has 45 heavy (non-hydrogen) atoms. The maximum absolute atomic E-state index is 15.7. The van der Waals surface area contributed by atoms with Crippen molar-refractivity contribution in [2.75, 3.05) is 0 Å². The molecule has 1 unspecified atom stereocenters. The third-order valence-electron chi connectivity index (χ3n) is 9.21. The van der Waals surface area contributed by atoms with Crippen LogP contribution in [0.1, 0.15) is 0 Å². The van der Waals surface area contributed by atoms with Gasteiger partial charge in [0.05, 0.1) is 16.3 Å². The third kappa shape index (κ3) is 3.86. The fourth-order valence-electron chi connectivity index (χ4n) is 7.16. The molecule has 8 aromatic rings. The van der Waals surface area contributed by atoms with Crippen LogP contribution in [0.15, 0.2) is 170 Å². The number of rotatable bonds is 4. The van der Waals surface area contributed by atoms with Crippen molar-refractivity contribution in [2.45, 2.75) is 0 Å². The van der Waals surface area contributed by atoms with Gasteiger partial charge < -0.3 is 9.13 Å². The molecule has 9 rings (SSSR count). The zero-order chi connectivity index (χ0) is 30.0. The van der Waals surface area contributed by atoms with Crippen molar-refractivity contribution in [3.05, 3.63) is 170 Å². The van der Waals surface area contributed by atoms with Crippen LogP contribution in [-0.2, 0) is 4.57 Å². The molecule has 0 amide bonds. The van der Waals surface area contributed by atoms with Gasteiger partial charge in [0.1, 0.15) is 0 Å². The molecule has 0 spiro atoms. The maximum atomic E-state index is 15.7. The van der Waals surface area contributed by atoms with E-state index < -0.39 is 7.14 Å². The molecule has 0 fully saturated rings. The Bertz CT molecular complexity index is 2440. The van der Waals surface area contributed by atoms with E-state index in [0.717, 1.165) is 60.1 Å². The minimum atomic E-state index is -3.16. The van der Waals surface area contributed by atoms with Crippen LogP contribution in [0.3, 0.4) is 0 Å². The summed E-state index contributed by atoms with van der Waals surface area (Å²) in [7, 11) is -3.16. The smallest absolute Gasteiger partial charge is 0.174 e. The highest BCUT2D eigenvalue weighted by Crippen LogP contribution is 2.54. The lowest BCUT2D eigenvalue weighted by Gasteiger charge is -2.18. The lowest BCUT2D eigenvalue weighted by Crippen LogP contribution is -2.22. The van der Waals surface area contributed by atoms with Crippen molar-refractivity contribution in [3.8, 4) is 39.1 Å². The first kappa shape index (κ1) is 26.0. The highest BCUT2D eigenvalue weighted by atomic mass is 31.2. The lowest BCUT2D eigenvalue weighted by molar-refractivity contribution is 0.593. The highest BCUT2D eigenvalue weighted by Gasteiger charge is 2.42. The SMILES string of the molecule is O=P1(c2ccccc2)c2ccccc2-c2ccc3c4ccccc4n(-c4ccc(-c5cccc(-c6ccccc6)c5)cc4)c3c21. The average Bonchev–Trinajstić information content (AvgIpc) is 3.59. The molecule has 2 heterocycles. The van der Waals surface area contributed by atoms with Crippen molar-refractivity contribution < 1.29 is 4.57 Å². The summed E-state index contributed by atoms with van der Waals surface area (Å²) < 4.78 is 18.0. The number of hydrogen-bond donors (Lipinski definition) is 0. The van der Waals surface area contributed by atoms with Gasteiger partial charge in [0, 0.05) is 27.1 Å². The second kappa shape index (κ2) is 10.1. The van der Waals surface area contributed by atoms with E-state index in [2.05, 4.69) is 132 Å². The van der Waals surface area contributed by atoms with E-state index in [0.29, 0.717) is 0 Å². The Morgan fingerprint density at radius 1 is 0.444 bits per heavy atom. The highest BCUT2D eigenvalue weighted by molar-refractivity contribution is 7.86. The molecule has 1 atom stereocenters. The zero-order valence-corrected chi connectivity index (χ0v) is 25.4. The van der Waals surface area contributed by atoms with Gasteiger partial charge in [-0.2, -0.15) is 0 Å². The first-order valence-electron chi connectivity index (χ1n) is 15.3. The van der Waals surface area contributed by atoms with Crippen LogP contribution < -0.4 is 15.9 Å². The summed E-state index contributed by atoms with van der Waals surface area (Å²) >= 11 is 0. The van der Waals surface area contributed by atoms with Crippen LogP contribution >= 0.6 is 7.14 Å². The molecular formula is C42H28NOP. The summed E-state index contributed by atoms with van der Waals surface area (Å²) in [6, 6.07) is 59.2. The molecule has 0 bridgehead atoms. The van der Waals surface area contributed by atoms with Crippen molar-refractivity contribution in [3.63, 3.8) is 0 Å². The number of hydrogen-bond acceptors (Lipinski definition) is 1. The largest absolute Gasteiger partial charge is 0.309 e. The molecule has 0 aliphatic carbocycles. The average molecular weight is 594 g/mol. The molecule has 0 N–H and O–H groups in total. The Balaban J connectivity index is 1.28. The quantitative estimate of drug-likeness (QED) is 0.186. The van der Waals surface area contributed by atoms with E-state index in [9.17, 15) is 0 Å². The van der Waals surface area contributed by atoms with Gasteiger partial charge in [-0.1, -0.05) is 146 Å². The summed E-state index contributed by atoms with van der Waals surface area (Å²) in [6.07, 6.45) is 0. The van der Waals surface area contributed by atoms with Gasteiger partial charge in [-0.3, -0.25) is 0 Å². The molecule has 1 aliphatic rings. The van der Waals surface area contributed by atoms with E-state index in [4.69, 9.17) is 0 Å². The van der Waals surface area contributed by atoms with Crippen LogP contribution in [0, 0.1) is 0 Å². The molecule has 2 nitrogen and oxygen atoms in total. The number of nitrogens with zero attached hydrogens (tertiary/aromatic N) is 1. The van der Waals surface area contributed by atoms with E-state index in [1.54, 1.807) is 0 Å². The Morgan fingerprint density at radius 2 is 1.07 bits per heavy atom. The molecule has 3 heteroatoms. The number of fused-ring (bicyclic) bond motifs is 7. The minimum absolute atomic E-state index is 0.870. The maximum Gasteiger partial charge on any atom is 0.174 e. The summed E-state index contributed by atoms with van der Waals surface area (Å²) in [6.45, 7) is 0. The van der Waals surface area contributed by atoms with Crippen LogP contribution in [0.5, 0.6) is 0 Å². The molecule has 1 aliphatic heterocycles. The molecule has 212 valence electrons. The van der Waals surface area contributed by atoms with Gasteiger partial charge in [0.2, 0.25) is 0 Å². The topological polar surface area (TPSA) is 22.0 Å². The fourth-order valence-corrected chi connectivity index (χ4v) is 10.4. The van der Waals surface area contributed by atoms with Gasteiger partial charge in [-0.25, -0.2) is 0 Å². The minimum Gasteiger partial charge on any atom is -0.309 e. The molecular weight excluding hydrogens is 565 g/mol. The van der Waals surface area contributed by atoms with Crippen LogP contribution in [0.25, 0.3) is 60.9 Å². The molecule has 0 radical (unpaired) electrons. The standard InChI is InChI=1S/C42H28NOP/c44-45(34-16-5-2-6-17-34)40-21-10-8-19-36(40)38-27-26-37-35-18-7-9-20-39(35)43(41(37)42(38)45)33-24-22-30(23-25-33)32-15-11-14-31(28-32)29-12-3-1-4-13-29/h1-28H. The number of aromatic nitrogens is 1. The van der Waals surface area contributed by atoms with Crippen LogP contribution in [-0.4, -0.2) is 4.57 Å². The second-order valence-corrected chi connectivity index (χ2v) is 14.3. The summed E-state index contributed by atoms with van der Waals surface area (Å²) in [5.74, 6) is 0. The van der Waals surface area contributed by atoms with Crippen LogP contribution in [0.2, 0.25) is 0 Å². The van der Waals surface area contributed by atoms with E-state index >= 15 is 4.57 Å². The van der Waals surface area contributed by atoms with Crippen molar-refractivity contribution in [1.29, 1.82) is 0 Å². The molecule has 7 aromatic carbocycles. The third-order valence-corrected chi connectivity index (χ3v) is 12.4. The Labute approximate surface area is 262 Å². The van der Waals surface area contributed by atoms with Gasteiger partial charge in [0.25, 0.3) is 0 Å². The fraction of sp³-hybridized carbons (Fsp3) is 0. The van der Waals surface area contributed by atoms with E-state index in [-0.39, 0.29) is 0 Å². The molecule has 0 saturated heterocycles. The van der Waals surface area contributed by atoms with Crippen molar-refractivity contribution in [1.82, 2.24) is 4.57 Å². The Kier molecular flexibility index (Phi) is 5.81. The second-order valence-electron chi connectivity index (χ2n) is 11.7. The first-order valence-corrected chi connectivity index (χ1v) is 17.0. The van der Waals surface area contributed by atoms with Crippen molar-refractivity contribution >= 4 is 44.9 Å². The number of para-hydroxylation sites is 1. The molecule has 1 aromatic heterocycles. The predicted molar refractivity (Wildman–Crippen MR) is 190 cm³/mol.